The molecule has 0 aliphatic rings. The quantitative estimate of drug-likeness (QED) is 0.679. The van der Waals surface area contributed by atoms with Gasteiger partial charge in [0.05, 0.1) is 7.11 Å². The summed E-state index contributed by atoms with van der Waals surface area (Å²) in [6, 6.07) is -0.517. The van der Waals surface area contributed by atoms with Crippen molar-refractivity contribution in [3.8, 4) is 0 Å². The maximum atomic E-state index is 11.8. The van der Waals surface area contributed by atoms with Crippen LogP contribution in [0.4, 0.5) is 0 Å². The third-order valence-corrected chi connectivity index (χ3v) is 2.67. The number of methoxy groups -OCH3 is 1. The average molecular weight is 255 g/mol. The van der Waals surface area contributed by atoms with Crippen LogP contribution >= 0.6 is 0 Å². The van der Waals surface area contributed by atoms with Crippen LogP contribution in [0.3, 0.4) is 0 Å². The standard InChI is InChI=1S/C11H17N3O4/c1-7(10(16)18-4)12-5-8-6-13(2)11(17)14(3)9(8)15/h6-7,12H,5H2,1-4H3/t7-/m0/s1. The molecule has 0 spiro atoms. The zero-order chi connectivity index (χ0) is 13.9. The van der Waals surface area contributed by atoms with Gasteiger partial charge in [-0.2, -0.15) is 0 Å². The van der Waals surface area contributed by atoms with E-state index in [0.717, 1.165) is 4.57 Å². The van der Waals surface area contributed by atoms with Crippen LogP contribution in [0.15, 0.2) is 15.8 Å². The molecule has 0 amide bonds. The second-order valence-corrected chi connectivity index (χ2v) is 4.04. The Morgan fingerprint density at radius 2 is 2.06 bits per heavy atom. The molecule has 0 bridgehead atoms. The molecule has 0 radical (unpaired) electrons. The molecule has 1 atom stereocenters. The van der Waals surface area contributed by atoms with Crippen molar-refractivity contribution in [1.29, 1.82) is 0 Å². The number of aryl methyl sites for hydroxylation is 1. The first-order chi connectivity index (χ1) is 8.38. The third-order valence-electron chi connectivity index (χ3n) is 2.67. The molecule has 0 aromatic carbocycles. The number of carbonyl (C=O) groups excluding carboxylic acids is 1. The van der Waals surface area contributed by atoms with Crippen LogP contribution in [0.2, 0.25) is 0 Å². The number of nitrogens with zero attached hydrogens (tertiary/aromatic N) is 2. The summed E-state index contributed by atoms with van der Waals surface area (Å²) >= 11 is 0. The molecule has 1 rings (SSSR count). The van der Waals surface area contributed by atoms with Crippen molar-refractivity contribution in [3.63, 3.8) is 0 Å². The van der Waals surface area contributed by atoms with E-state index in [1.807, 2.05) is 0 Å². The average Bonchev–Trinajstić information content (AvgIpc) is 2.37. The topological polar surface area (TPSA) is 82.3 Å². The number of esters is 1. The van der Waals surface area contributed by atoms with E-state index in [4.69, 9.17) is 0 Å². The second-order valence-electron chi connectivity index (χ2n) is 4.04. The molecule has 0 aliphatic heterocycles. The van der Waals surface area contributed by atoms with E-state index < -0.39 is 12.0 Å². The molecule has 0 saturated carbocycles. The van der Waals surface area contributed by atoms with Gasteiger partial charge in [0, 0.05) is 32.4 Å². The maximum Gasteiger partial charge on any atom is 0.330 e. The molecule has 1 aromatic heterocycles. The van der Waals surface area contributed by atoms with Gasteiger partial charge < -0.3 is 14.6 Å². The fourth-order valence-electron chi connectivity index (χ4n) is 1.53. The molecular weight excluding hydrogens is 238 g/mol. The Morgan fingerprint density at radius 1 is 1.44 bits per heavy atom. The van der Waals surface area contributed by atoms with Gasteiger partial charge in [-0.25, -0.2) is 4.79 Å². The minimum atomic E-state index is -0.517. The highest BCUT2D eigenvalue weighted by Gasteiger charge is 2.13. The van der Waals surface area contributed by atoms with E-state index >= 15 is 0 Å². The van der Waals surface area contributed by atoms with Crippen LogP contribution in [0.1, 0.15) is 12.5 Å². The number of hydrogen-bond donors (Lipinski definition) is 1. The highest BCUT2D eigenvalue weighted by molar-refractivity contribution is 5.75. The number of hydrogen-bond acceptors (Lipinski definition) is 5. The molecule has 7 nitrogen and oxygen atoms in total. The summed E-state index contributed by atoms with van der Waals surface area (Å²) < 4.78 is 6.91. The van der Waals surface area contributed by atoms with E-state index in [2.05, 4.69) is 10.1 Å². The van der Waals surface area contributed by atoms with Gasteiger partial charge in [0.2, 0.25) is 0 Å². The maximum absolute atomic E-state index is 11.8. The summed E-state index contributed by atoms with van der Waals surface area (Å²) in [5.74, 6) is -0.406. The van der Waals surface area contributed by atoms with E-state index in [1.165, 1.54) is 24.9 Å². The number of ether oxygens (including phenoxy) is 1. The van der Waals surface area contributed by atoms with Gasteiger partial charge in [-0.05, 0) is 6.92 Å². The summed E-state index contributed by atoms with van der Waals surface area (Å²) in [6.07, 6.45) is 1.46. The van der Waals surface area contributed by atoms with Crippen molar-refractivity contribution in [2.45, 2.75) is 19.5 Å². The smallest absolute Gasteiger partial charge is 0.330 e. The zero-order valence-corrected chi connectivity index (χ0v) is 10.9. The molecule has 100 valence electrons. The predicted octanol–water partition coefficient (Wildman–Crippen LogP) is -1.26. The van der Waals surface area contributed by atoms with Gasteiger partial charge in [0.1, 0.15) is 6.04 Å². The van der Waals surface area contributed by atoms with Gasteiger partial charge in [-0.3, -0.25) is 14.2 Å². The van der Waals surface area contributed by atoms with Gasteiger partial charge >= 0.3 is 11.7 Å². The van der Waals surface area contributed by atoms with Crippen LogP contribution in [-0.4, -0.2) is 28.3 Å². The van der Waals surface area contributed by atoms with Crippen molar-refractivity contribution in [2.75, 3.05) is 7.11 Å². The molecule has 0 aliphatic carbocycles. The van der Waals surface area contributed by atoms with Gasteiger partial charge in [0.15, 0.2) is 0 Å². The van der Waals surface area contributed by atoms with E-state index in [1.54, 1.807) is 14.0 Å². The summed E-state index contributed by atoms with van der Waals surface area (Å²) in [5, 5.41) is 2.86. The lowest BCUT2D eigenvalue weighted by molar-refractivity contribution is -0.142. The third kappa shape index (κ3) is 2.86. The highest BCUT2D eigenvalue weighted by Crippen LogP contribution is 1.91. The Morgan fingerprint density at radius 3 is 2.61 bits per heavy atom. The molecule has 7 heteroatoms. The second kappa shape index (κ2) is 5.63. The van der Waals surface area contributed by atoms with Crippen LogP contribution in [0, 0.1) is 0 Å². The van der Waals surface area contributed by atoms with E-state index in [9.17, 15) is 14.4 Å². The van der Waals surface area contributed by atoms with Gasteiger partial charge in [0.25, 0.3) is 5.56 Å². The lowest BCUT2D eigenvalue weighted by Crippen LogP contribution is -2.41. The molecular formula is C11H17N3O4. The predicted molar refractivity (Wildman–Crippen MR) is 65.2 cm³/mol. The summed E-state index contributed by atoms with van der Waals surface area (Å²) in [5.41, 5.74) is -0.345. The SMILES string of the molecule is COC(=O)[C@H](C)NCc1cn(C)c(=O)n(C)c1=O. The number of aromatic nitrogens is 2. The molecule has 18 heavy (non-hydrogen) atoms. The van der Waals surface area contributed by atoms with Crippen LogP contribution in [0.25, 0.3) is 0 Å². The normalized spacial score (nSPS) is 12.2. The first-order valence-electron chi connectivity index (χ1n) is 5.45. The summed E-state index contributed by atoms with van der Waals surface area (Å²) in [6.45, 7) is 1.83. The van der Waals surface area contributed by atoms with E-state index in [-0.39, 0.29) is 17.8 Å². The summed E-state index contributed by atoms with van der Waals surface area (Å²) in [7, 11) is 4.28. The van der Waals surface area contributed by atoms with Crippen LogP contribution in [0.5, 0.6) is 0 Å². The van der Waals surface area contributed by atoms with Crippen molar-refractivity contribution in [1.82, 2.24) is 14.5 Å². The number of rotatable bonds is 4. The molecule has 1 aromatic rings. The number of carbonyl (C=O) groups is 1. The van der Waals surface area contributed by atoms with Crippen molar-refractivity contribution in [2.24, 2.45) is 14.1 Å². The van der Waals surface area contributed by atoms with Crippen molar-refractivity contribution < 1.29 is 9.53 Å². The van der Waals surface area contributed by atoms with Crippen LogP contribution in [-0.2, 0) is 30.2 Å². The fourth-order valence-corrected chi connectivity index (χ4v) is 1.53. The largest absolute Gasteiger partial charge is 0.468 e. The Kier molecular flexibility index (Phi) is 4.43. The lowest BCUT2D eigenvalue weighted by atomic mass is 10.3. The highest BCUT2D eigenvalue weighted by atomic mass is 16.5. The van der Waals surface area contributed by atoms with Gasteiger partial charge in [-0.1, -0.05) is 0 Å². The molecule has 0 saturated heterocycles. The molecule has 0 fully saturated rings. The lowest BCUT2D eigenvalue weighted by Gasteiger charge is -2.12. The first-order valence-corrected chi connectivity index (χ1v) is 5.45. The monoisotopic (exact) mass is 255 g/mol. The first kappa shape index (κ1) is 14.2. The van der Waals surface area contributed by atoms with Gasteiger partial charge in [-0.15, -0.1) is 0 Å². The minimum Gasteiger partial charge on any atom is -0.468 e. The van der Waals surface area contributed by atoms with Crippen LogP contribution < -0.4 is 16.6 Å². The Hall–Kier alpha value is -1.89. The van der Waals surface area contributed by atoms with Crippen molar-refractivity contribution in [3.05, 3.63) is 32.6 Å². The molecule has 0 unspecified atom stereocenters. The summed E-state index contributed by atoms with van der Waals surface area (Å²) in [4.78, 5) is 34.4. The Labute approximate surface area is 104 Å². The molecule has 1 heterocycles. The Bertz CT molecular complexity index is 558. The minimum absolute atomic E-state index is 0.192. The molecule has 1 N–H and O–H groups in total. The van der Waals surface area contributed by atoms with E-state index in [0.29, 0.717) is 5.56 Å². The fraction of sp³-hybridized carbons (Fsp3) is 0.545. The zero-order valence-electron chi connectivity index (χ0n) is 10.9. The number of nitrogens with one attached hydrogen (secondary N) is 1. The Balaban J connectivity index is 2.90. The van der Waals surface area contributed by atoms with Crippen molar-refractivity contribution >= 4 is 5.97 Å².